The molecule has 0 spiro atoms. The van der Waals surface area contributed by atoms with Crippen molar-refractivity contribution >= 4 is 22.2 Å². The van der Waals surface area contributed by atoms with Crippen LogP contribution in [0.5, 0.6) is 0 Å². The highest BCUT2D eigenvalue weighted by Gasteiger charge is 2.25. The summed E-state index contributed by atoms with van der Waals surface area (Å²) in [6.45, 7) is 0. The highest BCUT2D eigenvalue weighted by Crippen LogP contribution is 2.37. The predicted molar refractivity (Wildman–Crippen MR) is 85.5 cm³/mol. The smallest absolute Gasteiger partial charge is 0.228 e. The van der Waals surface area contributed by atoms with Crippen LogP contribution in [0.25, 0.3) is 0 Å². The third-order valence-electron chi connectivity index (χ3n) is 4.75. The van der Waals surface area contributed by atoms with E-state index in [4.69, 9.17) is 0 Å². The average molecular weight is 302 g/mol. The Labute approximate surface area is 130 Å². The number of nitrogens with one attached hydrogen (secondary N) is 1. The number of nitriles is 1. The monoisotopic (exact) mass is 302 g/mol. The first kappa shape index (κ1) is 14.6. The molecule has 0 aliphatic heterocycles. The molecule has 0 aromatic carbocycles. The minimum Gasteiger partial charge on any atom is -0.316 e. The van der Waals surface area contributed by atoms with E-state index in [-0.39, 0.29) is 11.8 Å². The van der Waals surface area contributed by atoms with E-state index >= 15 is 0 Å². The van der Waals surface area contributed by atoms with Crippen LogP contribution in [-0.4, -0.2) is 5.91 Å². The normalized spacial score (nSPS) is 19.4. The van der Waals surface area contributed by atoms with E-state index in [0.717, 1.165) is 55.5 Å². The topological polar surface area (TPSA) is 52.9 Å². The van der Waals surface area contributed by atoms with E-state index in [1.807, 2.05) is 0 Å². The van der Waals surface area contributed by atoms with Gasteiger partial charge in [0.05, 0.1) is 5.56 Å². The lowest BCUT2D eigenvalue weighted by Crippen LogP contribution is -2.20. The zero-order chi connectivity index (χ0) is 14.7. The molecule has 1 amide bonds. The third-order valence-corrected chi connectivity index (χ3v) is 5.95. The Morgan fingerprint density at radius 2 is 1.81 bits per heavy atom. The van der Waals surface area contributed by atoms with Crippen molar-refractivity contribution in [1.29, 1.82) is 5.26 Å². The summed E-state index contributed by atoms with van der Waals surface area (Å²) in [5.41, 5.74) is 1.95. The van der Waals surface area contributed by atoms with Gasteiger partial charge in [0, 0.05) is 10.8 Å². The number of nitrogens with zero attached hydrogens (tertiary/aromatic N) is 1. The van der Waals surface area contributed by atoms with Crippen molar-refractivity contribution in [2.75, 3.05) is 5.32 Å². The lowest BCUT2D eigenvalue weighted by Gasteiger charge is -2.09. The maximum atomic E-state index is 12.3. The Hall–Kier alpha value is -1.34. The van der Waals surface area contributed by atoms with Crippen LogP contribution in [0.15, 0.2) is 0 Å². The summed E-state index contributed by atoms with van der Waals surface area (Å²) in [5.74, 6) is 0.277. The molecule has 1 heterocycles. The molecule has 0 radical (unpaired) electrons. The van der Waals surface area contributed by atoms with Gasteiger partial charge < -0.3 is 5.32 Å². The van der Waals surface area contributed by atoms with Crippen LogP contribution < -0.4 is 5.32 Å². The molecular weight excluding hydrogens is 280 g/mol. The maximum Gasteiger partial charge on any atom is 0.228 e. The number of thiophene rings is 1. The summed E-state index contributed by atoms with van der Waals surface area (Å²) in [7, 11) is 0. The molecule has 1 aromatic rings. The molecule has 3 nitrogen and oxygen atoms in total. The summed E-state index contributed by atoms with van der Waals surface area (Å²) >= 11 is 1.64. The molecule has 1 saturated carbocycles. The molecule has 21 heavy (non-hydrogen) atoms. The van der Waals surface area contributed by atoms with E-state index in [9.17, 15) is 10.1 Å². The second-order valence-corrected chi connectivity index (χ2v) is 7.31. The molecule has 1 fully saturated rings. The van der Waals surface area contributed by atoms with Crippen molar-refractivity contribution < 1.29 is 4.79 Å². The fourth-order valence-electron chi connectivity index (χ4n) is 3.53. The van der Waals surface area contributed by atoms with E-state index in [2.05, 4.69) is 11.4 Å². The number of rotatable bonds is 2. The SMILES string of the molecule is N#Cc1c(NC(=O)C2CCCC2)sc2c1CCCCCC2. The van der Waals surface area contributed by atoms with E-state index < -0.39 is 0 Å². The van der Waals surface area contributed by atoms with Gasteiger partial charge in [-0.2, -0.15) is 5.26 Å². The number of anilines is 1. The number of hydrogen-bond acceptors (Lipinski definition) is 3. The molecule has 4 heteroatoms. The molecule has 0 unspecified atom stereocenters. The van der Waals surface area contributed by atoms with Crippen LogP contribution in [-0.2, 0) is 17.6 Å². The zero-order valence-electron chi connectivity index (χ0n) is 12.4. The van der Waals surface area contributed by atoms with E-state index in [0.29, 0.717) is 0 Å². The summed E-state index contributed by atoms with van der Waals surface area (Å²) in [6, 6.07) is 2.34. The fourth-order valence-corrected chi connectivity index (χ4v) is 4.77. The van der Waals surface area contributed by atoms with Crippen LogP contribution in [0.4, 0.5) is 5.00 Å². The Bertz CT molecular complexity index is 564. The van der Waals surface area contributed by atoms with Gasteiger partial charge in [0.25, 0.3) is 0 Å². The summed E-state index contributed by atoms with van der Waals surface area (Å²) in [6.07, 6.45) is 11.3. The summed E-state index contributed by atoms with van der Waals surface area (Å²) < 4.78 is 0. The van der Waals surface area contributed by atoms with Gasteiger partial charge in [-0.15, -0.1) is 11.3 Å². The molecule has 112 valence electrons. The average Bonchev–Trinajstić information content (AvgIpc) is 3.07. The predicted octanol–water partition coefficient (Wildman–Crippen LogP) is 4.41. The quantitative estimate of drug-likeness (QED) is 0.880. The van der Waals surface area contributed by atoms with Crippen molar-refractivity contribution in [3.05, 3.63) is 16.0 Å². The van der Waals surface area contributed by atoms with Gasteiger partial charge in [-0.3, -0.25) is 4.79 Å². The van der Waals surface area contributed by atoms with Crippen LogP contribution in [0, 0.1) is 17.2 Å². The van der Waals surface area contributed by atoms with E-state index in [1.165, 1.54) is 29.7 Å². The number of amides is 1. The van der Waals surface area contributed by atoms with Crippen molar-refractivity contribution in [3.63, 3.8) is 0 Å². The number of carbonyl (C=O) groups is 1. The Kier molecular flexibility index (Phi) is 4.60. The number of fused-ring (bicyclic) bond motifs is 1. The molecule has 3 rings (SSSR count). The van der Waals surface area contributed by atoms with Gasteiger partial charge in [0.2, 0.25) is 5.91 Å². The number of aryl methyl sites for hydroxylation is 1. The molecule has 2 aliphatic carbocycles. The van der Waals surface area contributed by atoms with E-state index in [1.54, 1.807) is 11.3 Å². The van der Waals surface area contributed by atoms with Crippen molar-refractivity contribution in [2.45, 2.75) is 64.2 Å². The lowest BCUT2D eigenvalue weighted by atomic mass is 9.97. The molecule has 1 aromatic heterocycles. The van der Waals surface area contributed by atoms with Gasteiger partial charge in [0.1, 0.15) is 11.1 Å². The Morgan fingerprint density at radius 3 is 2.52 bits per heavy atom. The second-order valence-electron chi connectivity index (χ2n) is 6.20. The highest BCUT2D eigenvalue weighted by molar-refractivity contribution is 7.16. The summed E-state index contributed by atoms with van der Waals surface area (Å²) in [4.78, 5) is 13.6. The van der Waals surface area contributed by atoms with Crippen LogP contribution in [0.1, 0.15) is 67.4 Å². The second kappa shape index (κ2) is 6.62. The van der Waals surface area contributed by atoms with Gasteiger partial charge in [-0.05, 0) is 44.1 Å². The number of hydrogen-bond donors (Lipinski definition) is 1. The highest BCUT2D eigenvalue weighted by atomic mass is 32.1. The van der Waals surface area contributed by atoms with Crippen LogP contribution in [0.2, 0.25) is 0 Å². The minimum atomic E-state index is 0.123. The molecule has 0 atom stereocenters. The first-order valence-electron chi connectivity index (χ1n) is 8.15. The van der Waals surface area contributed by atoms with Crippen molar-refractivity contribution in [1.82, 2.24) is 0 Å². The standard InChI is InChI=1S/C17H22N2OS/c18-11-14-13-9-3-1-2-4-10-15(13)21-17(14)19-16(20)12-7-5-6-8-12/h12H,1-10H2,(H,19,20). The van der Waals surface area contributed by atoms with Crippen molar-refractivity contribution in [2.24, 2.45) is 5.92 Å². The van der Waals surface area contributed by atoms with Crippen molar-refractivity contribution in [3.8, 4) is 6.07 Å². The first-order chi connectivity index (χ1) is 10.3. The van der Waals surface area contributed by atoms with Crippen LogP contribution in [0.3, 0.4) is 0 Å². The minimum absolute atomic E-state index is 0.123. The molecular formula is C17H22N2OS. The summed E-state index contributed by atoms with van der Waals surface area (Å²) in [5, 5.41) is 13.4. The number of carbonyl (C=O) groups excluding carboxylic acids is 1. The zero-order valence-corrected chi connectivity index (χ0v) is 13.2. The molecule has 1 N–H and O–H groups in total. The largest absolute Gasteiger partial charge is 0.316 e. The Morgan fingerprint density at radius 1 is 1.10 bits per heavy atom. The maximum absolute atomic E-state index is 12.3. The lowest BCUT2D eigenvalue weighted by molar-refractivity contribution is -0.119. The molecule has 2 aliphatic rings. The Balaban J connectivity index is 1.82. The van der Waals surface area contributed by atoms with Gasteiger partial charge in [0.15, 0.2) is 0 Å². The van der Waals surface area contributed by atoms with Crippen LogP contribution >= 0.6 is 11.3 Å². The molecule has 0 saturated heterocycles. The van der Waals surface area contributed by atoms with Gasteiger partial charge in [-0.25, -0.2) is 0 Å². The van der Waals surface area contributed by atoms with Gasteiger partial charge >= 0.3 is 0 Å². The fraction of sp³-hybridized carbons (Fsp3) is 0.647. The first-order valence-corrected chi connectivity index (χ1v) is 8.96. The van der Waals surface area contributed by atoms with Gasteiger partial charge in [-0.1, -0.05) is 25.7 Å². The third kappa shape index (κ3) is 3.13. The molecule has 0 bridgehead atoms.